The van der Waals surface area contributed by atoms with E-state index in [0.717, 1.165) is 42.4 Å². The molecule has 0 aliphatic heterocycles. The summed E-state index contributed by atoms with van der Waals surface area (Å²) in [5.41, 5.74) is 2.98. The topological polar surface area (TPSA) is 66.0 Å². The number of aliphatic imine (C=N–C) groups is 1. The zero-order valence-electron chi connectivity index (χ0n) is 18.7. The Bertz CT molecular complexity index is 829. The smallest absolute Gasteiger partial charge is 0.253 e. The minimum absolute atomic E-state index is 0.0166. The van der Waals surface area contributed by atoms with E-state index in [1.54, 1.807) is 26.0 Å². The van der Waals surface area contributed by atoms with E-state index in [1.807, 2.05) is 36.4 Å². The second kappa shape index (κ2) is 11.9. The number of nitrogens with zero attached hydrogens (tertiary/aromatic N) is 2. The van der Waals surface area contributed by atoms with Crippen molar-refractivity contribution in [2.75, 3.05) is 34.3 Å². The fourth-order valence-electron chi connectivity index (χ4n) is 2.82. The molecule has 2 rings (SSSR count). The maximum atomic E-state index is 12.1. The number of amides is 1. The van der Waals surface area contributed by atoms with E-state index in [2.05, 4.69) is 41.6 Å². The van der Waals surface area contributed by atoms with Crippen molar-refractivity contribution in [2.45, 2.75) is 26.8 Å². The number of carbonyl (C=O) groups excluding carboxylic acids is 1. The monoisotopic (exact) mass is 410 g/mol. The summed E-state index contributed by atoms with van der Waals surface area (Å²) in [4.78, 5) is 18.0. The number of guanidine groups is 1. The average Bonchev–Trinajstić information content (AvgIpc) is 2.75. The van der Waals surface area contributed by atoms with Crippen LogP contribution in [-0.4, -0.2) is 51.1 Å². The average molecular weight is 411 g/mol. The van der Waals surface area contributed by atoms with Crippen LogP contribution in [0.4, 0.5) is 0 Å². The second-order valence-corrected chi connectivity index (χ2v) is 7.85. The Morgan fingerprint density at radius 2 is 1.80 bits per heavy atom. The molecule has 0 fully saturated rings. The van der Waals surface area contributed by atoms with Crippen LogP contribution in [0.2, 0.25) is 0 Å². The number of ether oxygens (including phenoxy) is 1. The number of hydrogen-bond acceptors (Lipinski definition) is 3. The maximum Gasteiger partial charge on any atom is 0.253 e. The summed E-state index contributed by atoms with van der Waals surface area (Å²) in [6, 6.07) is 15.9. The molecule has 0 saturated carbocycles. The highest BCUT2D eigenvalue weighted by Crippen LogP contribution is 2.13. The van der Waals surface area contributed by atoms with E-state index in [0.29, 0.717) is 18.0 Å². The van der Waals surface area contributed by atoms with E-state index < -0.39 is 0 Å². The molecule has 6 heteroatoms. The highest BCUT2D eigenvalue weighted by atomic mass is 16.5. The van der Waals surface area contributed by atoms with E-state index in [-0.39, 0.29) is 5.91 Å². The largest absolute Gasteiger partial charge is 0.493 e. The SMILES string of the molecule is CN=C(NCCc1cccc(C(=O)N(C)C)c1)NCc1ccc(OCC(C)C)cc1. The molecule has 162 valence electrons. The van der Waals surface area contributed by atoms with Crippen molar-refractivity contribution in [3.63, 3.8) is 0 Å². The van der Waals surface area contributed by atoms with E-state index in [4.69, 9.17) is 4.74 Å². The van der Waals surface area contributed by atoms with E-state index >= 15 is 0 Å². The third-order valence-electron chi connectivity index (χ3n) is 4.48. The molecule has 1 amide bonds. The predicted octanol–water partition coefficient (Wildman–Crippen LogP) is 3.33. The fourth-order valence-corrected chi connectivity index (χ4v) is 2.82. The molecule has 0 atom stereocenters. The zero-order valence-corrected chi connectivity index (χ0v) is 18.7. The first-order valence-electron chi connectivity index (χ1n) is 10.4. The molecule has 0 bridgehead atoms. The van der Waals surface area contributed by atoms with Crippen LogP contribution < -0.4 is 15.4 Å². The van der Waals surface area contributed by atoms with Crippen molar-refractivity contribution in [1.82, 2.24) is 15.5 Å². The molecule has 0 spiro atoms. The van der Waals surface area contributed by atoms with Crippen LogP contribution in [-0.2, 0) is 13.0 Å². The van der Waals surface area contributed by atoms with Gasteiger partial charge in [0.15, 0.2) is 5.96 Å². The molecule has 6 nitrogen and oxygen atoms in total. The van der Waals surface area contributed by atoms with Crippen molar-refractivity contribution in [3.05, 3.63) is 65.2 Å². The lowest BCUT2D eigenvalue weighted by atomic mass is 10.1. The molecule has 30 heavy (non-hydrogen) atoms. The molecule has 0 unspecified atom stereocenters. The molecule has 0 aliphatic rings. The van der Waals surface area contributed by atoms with Gasteiger partial charge in [-0.25, -0.2) is 0 Å². The summed E-state index contributed by atoms with van der Waals surface area (Å²) in [6.07, 6.45) is 0.803. The van der Waals surface area contributed by atoms with Gasteiger partial charge in [-0.2, -0.15) is 0 Å². The first kappa shape index (κ1) is 23.3. The molecule has 0 aromatic heterocycles. The number of benzene rings is 2. The molecule has 0 radical (unpaired) electrons. The van der Waals surface area contributed by atoms with Crippen molar-refractivity contribution >= 4 is 11.9 Å². The molecule has 0 aliphatic carbocycles. The summed E-state index contributed by atoms with van der Waals surface area (Å²) >= 11 is 0. The first-order chi connectivity index (χ1) is 14.4. The van der Waals surface area contributed by atoms with Crippen molar-refractivity contribution in [2.24, 2.45) is 10.9 Å². The van der Waals surface area contributed by atoms with Gasteiger partial charge in [0.2, 0.25) is 0 Å². The number of hydrogen-bond donors (Lipinski definition) is 2. The Hall–Kier alpha value is -3.02. The van der Waals surface area contributed by atoms with Gasteiger partial charge in [-0.15, -0.1) is 0 Å². The lowest BCUT2D eigenvalue weighted by Gasteiger charge is -2.14. The van der Waals surface area contributed by atoms with Gasteiger partial charge in [0.25, 0.3) is 5.91 Å². The van der Waals surface area contributed by atoms with Gasteiger partial charge >= 0.3 is 0 Å². The summed E-state index contributed by atoms with van der Waals surface area (Å²) in [7, 11) is 5.28. The molecular weight excluding hydrogens is 376 g/mol. The van der Waals surface area contributed by atoms with Gasteiger partial charge in [-0.3, -0.25) is 9.79 Å². The van der Waals surface area contributed by atoms with Gasteiger partial charge in [-0.05, 0) is 47.7 Å². The van der Waals surface area contributed by atoms with Crippen LogP contribution in [0.15, 0.2) is 53.5 Å². The van der Waals surface area contributed by atoms with E-state index in [1.165, 1.54) is 0 Å². The number of nitrogens with one attached hydrogen (secondary N) is 2. The van der Waals surface area contributed by atoms with E-state index in [9.17, 15) is 4.79 Å². The summed E-state index contributed by atoms with van der Waals surface area (Å²) in [5, 5.41) is 6.65. The third-order valence-corrected chi connectivity index (χ3v) is 4.48. The van der Waals surface area contributed by atoms with Gasteiger partial charge in [-0.1, -0.05) is 38.1 Å². The second-order valence-electron chi connectivity index (χ2n) is 7.85. The highest BCUT2D eigenvalue weighted by molar-refractivity contribution is 5.94. The van der Waals surface area contributed by atoms with Crippen LogP contribution in [0.25, 0.3) is 0 Å². The molecule has 0 saturated heterocycles. The molecule has 2 N–H and O–H groups in total. The lowest BCUT2D eigenvalue weighted by Crippen LogP contribution is -2.37. The minimum Gasteiger partial charge on any atom is -0.493 e. The Labute approximate surface area is 180 Å². The van der Waals surface area contributed by atoms with Crippen LogP contribution >= 0.6 is 0 Å². The Kier molecular flexibility index (Phi) is 9.19. The lowest BCUT2D eigenvalue weighted by molar-refractivity contribution is 0.0827. The van der Waals surface area contributed by atoms with Crippen LogP contribution in [0.1, 0.15) is 35.3 Å². The Morgan fingerprint density at radius 3 is 2.43 bits per heavy atom. The third kappa shape index (κ3) is 7.78. The number of carbonyl (C=O) groups is 1. The van der Waals surface area contributed by atoms with Gasteiger partial charge < -0.3 is 20.3 Å². The maximum absolute atomic E-state index is 12.1. The summed E-state index contributed by atoms with van der Waals surface area (Å²) in [6.45, 7) is 6.40. The molecule has 0 heterocycles. The zero-order chi connectivity index (χ0) is 21.9. The van der Waals surface area contributed by atoms with Crippen LogP contribution in [0, 0.1) is 5.92 Å². The standard InChI is InChI=1S/C24H34N4O2/c1-18(2)17-30-22-11-9-20(10-12-22)16-27-24(25-3)26-14-13-19-7-6-8-21(15-19)23(29)28(4)5/h6-12,15,18H,13-14,16-17H2,1-5H3,(H2,25,26,27). The first-order valence-corrected chi connectivity index (χ1v) is 10.4. The fraction of sp³-hybridized carbons (Fsp3) is 0.417. The van der Waals surface area contributed by atoms with Crippen molar-refractivity contribution in [3.8, 4) is 5.75 Å². The molecule has 2 aromatic rings. The van der Waals surface area contributed by atoms with Crippen molar-refractivity contribution < 1.29 is 9.53 Å². The summed E-state index contributed by atoms with van der Waals surface area (Å²) in [5.74, 6) is 2.17. The minimum atomic E-state index is 0.0166. The van der Waals surface area contributed by atoms with Gasteiger partial charge in [0.1, 0.15) is 5.75 Å². The Morgan fingerprint density at radius 1 is 1.07 bits per heavy atom. The van der Waals surface area contributed by atoms with Crippen LogP contribution in [0.5, 0.6) is 5.75 Å². The predicted molar refractivity (Wildman–Crippen MR) is 123 cm³/mol. The van der Waals surface area contributed by atoms with Crippen molar-refractivity contribution in [1.29, 1.82) is 0 Å². The normalized spacial score (nSPS) is 11.3. The Balaban J connectivity index is 1.79. The number of rotatable bonds is 9. The summed E-state index contributed by atoms with van der Waals surface area (Å²) < 4.78 is 5.72. The molecule has 2 aromatic carbocycles. The highest BCUT2D eigenvalue weighted by Gasteiger charge is 2.08. The van der Waals surface area contributed by atoms with Crippen LogP contribution in [0.3, 0.4) is 0 Å². The van der Waals surface area contributed by atoms with Gasteiger partial charge in [0.05, 0.1) is 6.61 Å². The molecular formula is C24H34N4O2. The quantitative estimate of drug-likeness (QED) is 0.492. The van der Waals surface area contributed by atoms with Gasteiger partial charge in [0, 0.05) is 39.8 Å².